The van der Waals surface area contributed by atoms with Crippen LogP contribution in [-0.2, 0) is 19.1 Å². The average molecular weight is 921 g/mol. The predicted octanol–water partition coefficient (Wildman–Crippen LogP) is 4.02. The van der Waals surface area contributed by atoms with Crippen LogP contribution in [0.25, 0.3) is 10.9 Å². The lowest BCUT2D eigenvalue weighted by atomic mass is 9.74. The fraction of sp³-hybridized carbons (Fsp3) is 0.489. The van der Waals surface area contributed by atoms with Gasteiger partial charge in [0, 0.05) is 87.0 Å². The first-order valence-electron chi connectivity index (χ1n) is 22.8. The molecule has 5 fully saturated rings. The summed E-state index contributed by atoms with van der Waals surface area (Å²) >= 11 is 6.60. The van der Waals surface area contributed by atoms with Crippen LogP contribution in [0.4, 0.5) is 23.1 Å². The van der Waals surface area contributed by atoms with Crippen LogP contribution in [0.3, 0.4) is 0 Å². The van der Waals surface area contributed by atoms with Gasteiger partial charge in [-0.25, -0.2) is 4.98 Å². The lowest BCUT2D eigenvalue weighted by molar-refractivity contribution is -0.136. The lowest BCUT2D eigenvalue weighted by Crippen LogP contribution is -2.64. The van der Waals surface area contributed by atoms with Crippen molar-refractivity contribution < 1.29 is 33.4 Å². The molecule has 1 saturated carbocycles. The number of fused-ring (bicyclic) bond motifs is 2. The van der Waals surface area contributed by atoms with E-state index < -0.39 is 29.7 Å². The Labute approximate surface area is 385 Å². The Morgan fingerprint density at radius 1 is 0.924 bits per heavy atom. The van der Waals surface area contributed by atoms with E-state index in [-0.39, 0.29) is 60.3 Å². The van der Waals surface area contributed by atoms with E-state index in [0.29, 0.717) is 39.6 Å². The van der Waals surface area contributed by atoms with E-state index in [0.717, 1.165) is 92.9 Å². The largest absolute Gasteiger partial charge is 0.478 e. The third-order valence-corrected chi connectivity index (χ3v) is 14.4. The highest BCUT2D eigenvalue weighted by atomic mass is 35.5. The molecule has 4 saturated heterocycles. The molecule has 2 aromatic carbocycles. The Kier molecular flexibility index (Phi) is 11.5. The van der Waals surface area contributed by atoms with Crippen molar-refractivity contribution in [2.75, 3.05) is 68.0 Å². The fourth-order valence-corrected chi connectivity index (χ4v) is 10.7. The molecule has 10 rings (SSSR count). The van der Waals surface area contributed by atoms with Crippen LogP contribution in [0.15, 0.2) is 53.5 Å². The molecule has 7 heterocycles. The maximum absolute atomic E-state index is 13.4. The van der Waals surface area contributed by atoms with Gasteiger partial charge in [0.05, 0.1) is 35.0 Å². The first kappa shape index (κ1) is 43.8. The van der Waals surface area contributed by atoms with E-state index in [1.807, 2.05) is 38.1 Å². The van der Waals surface area contributed by atoms with Gasteiger partial charge >= 0.3 is 0 Å². The predicted molar refractivity (Wildman–Crippen MR) is 246 cm³/mol. The van der Waals surface area contributed by atoms with Crippen molar-refractivity contribution in [3.8, 4) is 5.75 Å². The molecule has 4 aromatic rings. The summed E-state index contributed by atoms with van der Waals surface area (Å²) in [6, 6.07) is 12.1. The maximum atomic E-state index is 13.4. The Morgan fingerprint density at radius 2 is 1.70 bits per heavy atom. The Morgan fingerprint density at radius 3 is 2.44 bits per heavy atom. The van der Waals surface area contributed by atoms with Crippen molar-refractivity contribution in [3.63, 3.8) is 0 Å². The minimum absolute atomic E-state index is 0.0892. The summed E-state index contributed by atoms with van der Waals surface area (Å²) in [6.07, 6.45) is 7.07. The number of hydrogen-bond donors (Lipinski definition) is 3. The number of rotatable bonds is 12. The first-order valence-corrected chi connectivity index (χ1v) is 23.2. The second kappa shape index (κ2) is 17.3. The number of aromatic nitrogens is 3. The van der Waals surface area contributed by atoms with Crippen LogP contribution >= 0.6 is 11.6 Å². The summed E-state index contributed by atoms with van der Waals surface area (Å²) < 4.78 is 13.9. The molecule has 3 N–H and O–H groups in total. The van der Waals surface area contributed by atoms with E-state index in [9.17, 15) is 28.8 Å². The number of halogens is 1. The van der Waals surface area contributed by atoms with Gasteiger partial charge < -0.3 is 34.5 Å². The first-order chi connectivity index (χ1) is 31.8. The number of piperidine rings is 2. The van der Waals surface area contributed by atoms with Crippen molar-refractivity contribution in [3.05, 3.63) is 75.2 Å². The monoisotopic (exact) mass is 920 g/mol. The van der Waals surface area contributed by atoms with Gasteiger partial charge in [-0.15, -0.1) is 0 Å². The number of nitrogens with one attached hydrogen (secondary N) is 3. The molecule has 346 valence electrons. The van der Waals surface area contributed by atoms with Crippen LogP contribution in [-0.4, -0.2) is 131 Å². The molecule has 66 heavy (non-hydrogen) atoms. The Balaban J connectivity index is 0.689. The summed E-state index contributed by atoms with van der Waals surface area (Å²) in [5, 5.41) is 9.21. The molecule has 1 unspecified atom stereocenters. The zero-order chi connectivity index (χ0) is 46.0. The smallest absolute Gasteiger partial charge is 0.293 e. The van der Waals surface area contributed by atoms with Crippen molar-refractivity contribution in [1.29, 1.82) is 0 Å². The minimum Gasteiger partial charge on any atom is -0.478 e. The van der Waals surface area contributed by atoms with E-state index in [1.54, 1.807) is 29.0 Å². The number of anilines is 4. The molecule has 1 atom stereocenters. The zero-order valence-corrected chi connectivity index (χ0v) is 37.9. The number of pyridine rings is 1. The van der Waals surface area contributed by atoms with Crippen molar-refractivity contribution in [1.82, 2.24) is 35.0 Å². The third kappa shape index (κ3) is 8.12. The third-order valence-electron chi connectivity index (χ3n) is 14.2. The normalized spacial score (nSPS) is 23.0. The van der Waals surface area contributed by atoms with Crippen LogP contribution in [0, 0.1) is 5.41 Å². The number of imide groups is 2. The number of likely N-dealkylation sites (tertiary alicyclic amines) is 1. The average Bonchev–Trinajstić information content (AvgIpc) is 3.83. The molecule has 1 aliphatic carbocycles. The second-order valence-corrected chi connectivity index (χ2v) is 19.2. The van der Waals surface area contributed by atoms with Crippen molar-refractivity contribution in [2.24, 2.45) is 5.41 Å². The van der Waals surface area contributed by atoms with E-state index in [2.05, 4.69) is 35.6 Å². The van der Waals surface area contributed by atoms with Crippen LogP contribution in [0.5, 0.6) is 5.75 Å². The molecule has 1 spiro atoms. The van der Waals surface area contributed by atoms with E-state index in [4.69, 9.17) is 26.1 Å². The topological polar surface area (TPSA) is 201 Å². The quantitative estimate of drug-likeness (QED) is 0.172. The number of carbonyl (C=O) groups excluding carboxylic acids is 5. The molecule has 18 nitrogen and oxygen atoms in total. The van der Waals surface area contributed by atoms with Crippen molar-refractivity contribution in [2.45, 2.75) is 89.1 Å². The molecule has 2 aromatic heterocycles. The van der Waals surface area contributed by atoms with Gasteiger partial charge in [-0.1, -0.05) is 11.6 Å². The number of benzene rings is 2. The van der Waals surface area contributed by atoms with Gasteiger partial charge in [-0.3, -0.25) is 43.9 Å². The SMILES string of the molecule is CNC(=O)COc1cc2cc(Nc3nc(N4CCC(OC5CC(N6CC7(CCN(c8ccc9c(c8)C(=O)N(C8CCC(=O)NC8=O)C9=O)C7)C6)C5)CC4)ncc3Cl)ccc2n(C(C)C)c1=O. The Hall–Kier alpha value is -6.11. The van der Waals surface area contributed by atoms with Crippen LogP contribution < -0.4 is 36.0 Å². The van der Waals surface area contributed by atoms with Crippen LogP contribution in [0.2, 0.25) is 5.02 Å². The van der Waals surface area contributed by atoms with Gasteiger partial charge in [0.15, 0.2) is 18.2 Å². The Bertz CT molecular complexity index is 2710. The van der Waals surface area contributed by atoms with Crippen LogP contribution in [0.1, 0.15) is 85.6 Å². The summed E-state index contributed by atoms with van der Waals surface area (Å²) in [7, 11) is 1.51. The maximum Gasteiger partial charge on any atom is 0.293 e. The van der Waals surface area contributed by atoms with E-state index in [1.165, 1.54) is 7.05 Å². The molecule has 6 aliphatic rings. The summed E-state index contributed by atoms with van der Waals surface area (Å²) in [4.78, 5) is 93.3. The molecule has 5 aliphatic heterocycles. The van der Waals surface area contributed by atoms with Gasteiger partial charge in [-0.05, 0) is 94.8 Å². The number of ether oxygens (including phenoxy) is 2. The highest BCUT2D eigenvalue weighted by Gasteiger charge is 2.52. The van der Waals surface area contributed by atoms with Gasteiger partial charge in [-0.2, -0.15) is 4.98 Å². The molecular weight excluding hydrogens is 868 g/mol. The second-order valence-electron chi connectivity index (χ2n) is 18.8. The van der Waals surface area contributed by atoms with Gasteiger partial charge in [0.25, 0.3) is 23.3 Å². The number of likely N-dealkylation sites (N-methyl/N-ethyl adjacent to an activating group) is 1. The summed E-state index contributed by atoms with van der Waals surface area (Å²) in [5.74, 6) is -1.17. The van der Waals surface area contributed by atoms with Gasteiger partial charge in [0.2, 0.25) is 17.8 Å². The molecule has 19 heteroatoms. The molecule has 0 radical (unpaired) electrons. The molecule has 0 bridgehead atoms. The number of amides is 5. The minimum atomic E-state index is -0.977. The van der Waals surface area contributed by atoms with Gasteiger partial charge in [0.1, 0.15) is 11.1 Å². The zero-order valence-electron chi connectivity index (χ0n) is 37.2. The number of carbonyl (C=O) groups is 5. The summed E-state index contributed by atoms with van der Waals surface area (Å²) in [6.45, 7) is 8.88. The molecule has 5 amide bonds. The lowest BCUT2D eigenvalue weighted by Gasteiger charge is -2.56. The number of nitrogens with zero attached hydrogens (tertiary/aromatic N) is 7. The summed E-state index contributed by atoms with van der Waals surface area (Å²) in [5.41, 5.74) is 2.84. The number of hydrogen-bond acceptors (Lipinski definition) is 14. The standard InChI is InChI=1S/C47H53ClN10O8/c1-26(2)57-36-7-4-28(16-27(36)17-38(45(57)64)65-22-40(60)49-3)51-41-35(48)21-50-46(53-41)54-13-10-31(11-14-54)66-32-18-30(19-32)56-24-47(25-56)12-15-55(23-47)29-5-6-33-34(20-29)44(63)58(43(33)62)37-8-9-39(59)52-42(37)61/h4-7,16-17,20-21,26,30-32,37H,8-15,18-19,22-25H2,1-3H3,(H,49,60)(H,50,51,53)(H,52,59,61). The molecular formula is C47H53ClN10O8. The highest BCUT2D eigenvalue weighted by molar-refractivity contribution is 6.33. The fourth-order valence-electron chi connectivity index (χ4n) is 10.5. The highest BCUT2D eigenvalue weighted by Crippen LogP contribution is 2.46. The van der Waals surface area contributed by atoms with Crippen molar-refractivity contribution >= 4 is 75.2 Å². The van der Waals surface area contributed by atoms with E-state index >= 15 is 0 Å².